The molecule has 0 aliphatic carbocycles. The summed E-state index contributed by atoms with van der Waals surface area (Å²) in [7, 11) is 3.86. The van der Waals surface area contributed by atoms with E-state index in [0.29, 0.717) is 27.4 Å². The van der Waals surface area contributed by atoms with Gasteiger partial charge in [-0.1, -0.05) is 42.5 Å². The molecule has 3 amide bonds. The number of thioether (sulfide) groups is 1. The Kier molecular flexibility index (Phi) is 10.5. The number of rotatable bonds is 11. The van der Waals surface area contributed by atoms with Crippen molar-refractivity contribution in [3.05, 3.63) is 130 Å². The van der Waals surface area contributed by atoms with Gasteiger partial charge in [-0.2, -0.15) is 0 Å². The third-order valence-corrected chi connectivity index (χ3v) is 7.41. The zero-order valence-corrected chi connectivity index (χ0v) is 25.2. The number of nitro groups is 1. The van der Waals surface area contributed by atoms with Crippen LogP contribution in [0.5, 0.6) is 0 Å². The first-order chi connectivity index (χ1) is 21.1. The van der Waals surface area contributed by atoms with Crippen LogP contribution >= 0.6 is 11.8 Å². The third kappa shape index (κ3) is 8.79. The molecule has 4 aromatic carbocycles. The summed E-state index contributed by atoms with van der Waals surface area (Å²) in [4.78, 5) is 52.2. The molecule has 0 saturated heterocycles. The Labute approximate surface area is 259 Å². The predicted octanol–water partition coefficient (Wildman–Crippen LogP) is 6.11. The number of amides is 3. The Bertz CT molecular complexity index is 1710. The van der Waals surface area contributed by atoms with Gasteiger partial charge in [-0.15, -0.1) is 11.8 Å². The van der Waals surface area contributed by atoms with Gasteiger partial charge in [0.15, 0.2) is 0 Å². The lowest BCUT2D eigenvalue weighted by atomic mass is 10.1. The second kappa shape index (κ2) is 14.7. The molecule has 3 N–H and O–H groups in total. The summed E-state index contributed by atoms with van der Waals surface area (Å²) in [5.74, 6) is -1.23. The van der Waals surface area contributed by atoms with Crippen molar-refractivity contribution in [1.29, 1.82) is 0 Å². The summed E-state index contributed by atoms with van der Waals surface area (Å²) in [5.41, 5.74) is 3.62. The van der Waals surface area contributed by atoms with Gasteiger partial charge in [-0.05, 0) is 66.6 Å². The fraction of sp³-hybridized carbons (Fsp3) is 0.121. The van der Waals surface area contributed by atoms with Crippen LogP contribution in [-0.2, 0) is 9.59 Å². The summed E-state index contributed by atoms with van der Waals surface area (Å²) in [5, 5.41) is 19.4. The maximum atomic E-state index is 13.4. The molecule has 0 fully saturated rings. The number of aryl methyl sites for hydroxylation is 1. The van der Waals surface area contributed by atoms with E-state index in [1.165, 1.54) is 23.9 Å². The van der Waals surface area contributed by atoms with Crippen molar-refractivity contribution in [3.8, 4) is 0 Å². The Hall–Kier alpha value is -5.42. The number of carbonyl (C=O) groups is 3. The summed E-state index contributed by atoms with van der Waals surface area (Å²) in [6.07, 6.45) is 1.61. The highest BCUT2D eigenvalue weighted by atomic mass is 32.2. The normalized spacial score (nSPS) is 10.9. The molecular weight excluding hydrogens is 578 g/mol. The van der Waals surface area contributed by atoms with Gasteiger partial charge in [0.25, 0.3) is 17.5 Å². The summed E-state index contributed by atoms with van der Waals surface area (Å²) in [6, 6.07) is 27.4. The summed E-state index contributed by atoms with van der Waals surface area (Å²) < 4.78 is 0. The molecule has 4 aromatic rings. The molecule has 0 aromatic heterocycles. The van der Waals surface area contributed by atoms with Crippen LogP contribution in [0.25, 0.3) is 6.08 Å². The second-order valence-electron chi connectivity index (χ2n) is 9.94. The van der Waals surface area contributed by atoms with E-state index in [-0.39, 0.29) is 23.0 Å². The number of carbonyl (C=O) groups excluding carboxylic acids is 3. The van der Waals surface area contributed by atoms with E-state index < -0.39 is 16.7 Å². The van der Waals surface area contributed by atoms with Crippen LogP contribution in [0.3, 0.4) is 0 Å². The van der Waals surface area contributed by atoms with Gasteiger partial charge in [-0.3, -0.25) is 24.5 Å². The highest BCUT2D eigenvalue weighted by Crippen LogP contribution is 2.25. The number of nitrogens with one attached hydrogen (secondary N) is 3. The average Bonchev–Trinajstić information content (AvgIpc) is 3.01. The van der Waals surface area contributed by atoms with E-state index >= 15 is 0 Å². The number of hydrogen-bond acceptors (Lipinski definition) is 7. The topological polar surface area (TPSA) is 134 Å². The van der Waals surface area contributed by atoms with Gasteiger partial charge in [0.1, 0.15) is 5.70 Å². The Morgan fingerprint density at radius 2 is 1.61 bits per heavy atom. The number of non-ortho nitro benzene ring substituents is 1. The van der Waals surface area contributed by atoms with Crippen LogP contribution < -0.4 is 20.9 Å². The Morgan fingerprint density at radius 1 is 0.886 bits per heavy atom. The molecule has 0 radical (unpaired) electrons. The number of hydrogen-bond donors (Lipinski definition) is 3. The maximum Gasteiger partial charge on any atom is 0.272 e. The molecule has 0 aliphatic rings. The van der Waals surface area contributed by atoms with Gasteiger partial charge in [0.05, 0.1) is 16.4 Å². The lowest BCUT2D eigenvalue weighted by Gasteiger charge is -2.14. The molecular formula is C33H31N5O5S. The molecule has 0 unspecified atom stereocenters. The molecule has 0 bridgehead atoms. The molecule has 0 heterocycles. The largest absolute Gasteiger partial charge is 0.378 e. The standard InChI is InChI=1S/C33H31N5O5S/c1-22-12-15-27(38(42)43)20-29(22)35-31(39)21-44-28-11-7-10-25(19-28)34-33(41)30(36-32(40)24-8-5-4-6-9-24)18-23-13-16-26(17-14-23)37(2)3/h4-20H,21H2,1-3H3,(H,34,41)(H,35,39)(H,36,40)/b30-18+. The Balaban J connectivity index is 1.46. The fourth-order valence-corrected chi connectivity index (χ4v) is 4.79. The van der Waals surface area contributed by atoms with Crippen molar-refractivity contribution in [1.82, 2.24) is 5.32 Å². The van der Waals surface area contributed by atoms with E-state index in [2.05, 4.69) is 16.0 Å². The van der Waals surface area contributed by atoms with Crippen LogP contribution in [0.15, 0.2) is 108 Å². The second-order valence-corrected chi connectivity index (χ2v) is 11.0. The quantitative estimate of drug-likeness (QED) is 0.0809. The molecule has 10 nitrogen and oxygen atoms in total. The van der Waals surface area contributed by atoms with Gasteiger partial charge in [-0.25, -0.2) is 0 Å². The van der Waals surface area contributed by atoms with Crippen LogP contribution in [0, 0.1) is 17.0 Å². The first-order valence-electron chi connectivity index (χ1n) is 13.5. The maximum absolute atomic E-state index is 13.4. The lowest BCUT2D eigenvalue weighted by Crippen LogP contribution is -2.30. The highest BCUT2D eigenvalue weighted by Gasteiger charge is 2.16. The molecule has 4 rings (SSSR count). The van der Waals surface area contributed by atoms with Crippen molar-refractivity contribution >= 4 is 58.3 Å². The summed E-state index contributed by atoms with van der Waals surface area (Å²) in [6.45, 7) is 1.75. The minimum atomic E-state index is -0.521. The average molecular weight is 610 g/mol. The zero-order chi connectivity index (χ0) is 31.6. The Morgan fingerprint density at radius 3 is 2.30 bits per heavy atom. The number of nitro benzene ring substituents is 1. The minimum absolute atomic E-state index is 0.0424. The molecule has 11 heteroatoms. The SMILES string of the molecule is Cc1ccc([N+](=O)[O-])cc1NC(=O)CSc1cccc(NC(=O)/C(=C\c2ccc(N(C)C)cc2)NC(=O)c2ccccc2)c1. The molecule has 0 aliphatic heterocycles. The van der Waals surface area contributed by atoms with Gasteiger partial charge in [0.2, 0.25) is 5.91 Å². The van der Waals surface area contributed by atoms with Crippen molar-refractivity contribution < 1.29 is 19.3 Å². The van der Waals surface area contributed by atoms with E-state index in [1.807, 2.05) is 43.3 Å². The predicted molar refractivity (Wildman–Crippen MR) is 175 cm³/mol. The first kappa shape index (κ1) is 31.5. The van der Waals surface area contributed by atoms with Crippen LogP contribution in [-0.4, -0.2) is 42.5 Å². The molecule has 0 atom stereocenters. The van der Waals surface area contributed by atoms with Crippen molar-refractivity contribution in [2.24, 2.45) is 0 Å². The lowest BCUT2D eigenvalue weighted by molar-refractivity contribution is -0.384. The molecule has 44 heavy (non-hydrogen) atoms. The highest BCUT2D eigenvalue weighted by molar-refractivity contribution is 8.00. The van der Waals surface area contributed by atoms with Crippen LogP contribution in [0.4, 0.5) is 22.7 Å². The summed E-state index contributed by atoms with van der Waals surface area (Å²) >= 11 is 1.24. The van der Waals surface area contributed by atoms with Gasteiger partial charge < -0.3 is 20.9 Å². The number of nitrogens with zero attached hydrogens (tertiary/aromatic N) is 2. The van der Waals surface area contributed by atoms with Crippen molar-refractivity contribution in [2.45, 2.75) is 11.8 Å². The van der Waals surface area contributed by atoms with Crippen molar-refractivity contribution in [3.63, 3.8) is 0 Å². The fourth-order valence-electron chi connectivity index (χ4n) is 4.03. The molecule has 224 valence electrons. The van der Waals surface area contributed by atoms with E-state index in [1.54, 1.807) is 73.7 Å². The van der Waals surface area contributed by atoms with Crippen molar-refractivity contribution in [2.75, 3.05) is 35.4 Å². The zero-order valence-electron chi connectivity index (χ0n) is 24.4. The van der Waals surface area contributed by atoms with Gasteiger partial charge in [0, 0.05) is 48.1 Å². The van der Waals surface area contributed by atoms with E-state index in [9.17, 15) is 24.5 Å². The number of benzene rings is 4. The number of anilines is 3. The van der Waals surface area contributed by atoms with E-state index in [4.69, 9.17) is 0 Å². The monoisotopic (exact) mass is 609 g/mol. The van der Waals surface area contributed by atoms with Gasteiger partial charge >= 0.3 is 0 Å². The molecule has 0 spiro atoms. The van der Waals surface area contributed by atoms with Crippen LogP contribution in [0.1, 0.15) is 21.5 Å². The molecule has 0 saturated carbocycles. The van der Waals surface area contributed by atoms with E-state index in [0.717, 1.165) is 11.3 Å². The minimum Gasteiger partial charge on any atom is -0.378 e. The third-order valence-electron chi connectivity index (χ3n) is 6.42. The smallest absolute Gasteiger partial charge is 0.272 e. The van der Waals surface area contributed by atoms with Crippen LogP contribution in [0.2, 0.25) is 0 Å². The first-order valence-corrected chi connectivity index (χ1v) is 14.5.